The molecule has 0 bridgehead atoms. The number of amides is 3. The maximum atomic E-state index is 14.0. The number of fused-ring (bicyclic) bond motifs is 1. The third-order valence-electron chi connectivity index (χ3n) is 9.26. The largest absolute Gasteiger partial charge is 0.446 e. The van der Waals surface area contributed by atoms with Gasteiger partial charge in [0.15, 0.2) is 5.82 Å². The van der Waals surface area contributed by atoms with Gasteiger partial charge in [-0.3, -0.25) is 14.4 Å². The highest BCUT2D eigenvalue weighted by Crippen LogP contribution is 2.27. The number of carbonyl (C=O) groups excluding carboxylic acids is 3. The fourth-order valence-electron chi connectivity index (χ4n) is 6.50. The molecule has 6 rings (SSSR count). The molecule has 2 aliphatic heterocycles. The molecule has 1 aliphatic carbocycles. The molecule has 49 heavy (non-hydrogen) atoms. The lowest BCUT2D eigenvalue weighted by Gasteiger charge is -2.36. The third kappa shape index (κ3) is 7.78. The fourth-order valence-corrected chi connectivity index (χ4v) is 6.80. The van der Waals surface area contributed by atoms with Crippen molar-refractivity contribution >= 4 is 63.8 Å². The maximum absolute atomic E-state index is 14.0. The Balaban J connectivity index is 1.27. The van der Waals surface area contributed by atoms with E-state index < -0.39 is 0 Å². The summed E-state index contributed by atoms with van der Waals surface area (Å²) in [6, 6.07) is 4.81. The highest BCUT2D eigenvalue weighted by atomic mass is 35.5. The van der Waals surface area contributed by atoms with E-state index in [1.54, 1.807) is 39.5 Å². The van der Waals surface area contributed by atoms with Crippen LogP contribution in [-0.2, 0) is 20.9 Å². The van der Waals surface area contributed by atoms with Crippen LogP contribution in [-0.4, -0.2) is 92.2 Å². The molecule has 1 fully saturated rings. The second-order valence-corrected chi connectivity index (χ2v) is 13.4. The topological polar surface area (TPSA) is 134 Å². The van der Waals surface area contributed by atoms with E-state index in [0.717, 1.165) is 37.7 Å². The molecule has 3 amide bonds. The predicted octanol–water partition coefficient (Wildman–Crippen LogP) is 4.93. The highest BCUT2D eigenvalue weighted by Gasteiger charge is 2.29. The van der Waals surface area contributed by atoms with Crippen molar-refractivity contribution < 1.29 is 19.1 Å². The van der Waals surface area contributed by atoms with Gasteiger partial charge in [-0.15, -0.1) is 5.10 Å². The lowest BCUT2D eigenvalue weighted by atomic mass is 10.0. The van der Waals surface area contributed by atoms with Crippen LogP contribution in [0.3, 0.4) is 0 Å². The number of nitrogens with zero attached hydrogens (tertiary/aromatic N) is 7. The first kappa shape index (κ1) is 34.5. The Bertz CT molecular complexity index is 1880. The van der Waals surface area contributed by atoms with Gasteiger partial charge < -0.3 is 29.3 Å². The summed E-state index contributed by atoms with van der Waals surface area (Å²) in [5, 5.41) is 8.16. The normalized spacial score (nSPS) is 18.6. The second-order valence-electron chi connectivity index (χ2n) is 12.6. The van der Waals surface area contributed by atoms with Crippen LogP contribution >= 0.6 is 23.2 Å². The van der Waals surface area contributed by atoms with E-state index in [-0.39, 0.29) is 41.9 Å². The number of rotatable bonds is 6. The third-order valence-corrected chi connectivity index (χ3v) is 10.0. The molecular weight excluding hydrogens is 671 g/mol. The summed E-state index contributed by atoms with van der Waals surface area (Å²) in [4.78, 5) is 62.5. The lowest BCUT2D eigenvalue weighted by molar-refractivity contribution is -0.129. The molecule has 3 aliphatic rings. The molecule has 13 nitrogen and oxygen atoms in total. The first-order valence-electron chi connectivity index (χ1n) is 16.6. The summed E-state index contributed by atoms with van der Waals surface area (Å²) in [6.45, 7) is 5.74. The van der Waals surface area contributed by atoms with Gasteiger partial charge in [0.05, 0.1) is 10.0 Å². The SMILES string of the molecule is CC(=O)N1CCN(c2c(C)n(CC(=O)Nc3ccc(Cl)c(Cl)c3)c3nc(C4=CCN(C(=O)OC5CCC=CCCC5)CC4)nn3c2=O)CC1. The standard InChI is InChI=1S/C34H40Cl2N8O5/c1-22-30(41-18-16-40(17-19-41)23(2)45)32(47)44-33(43(22)21-29(46)37-25-10-11-27(35)28(36)20-25)38-31(39-44)24-12-14-42(15-13-24)34(48)49-26-8-6-4-3-5-7-9-26/h3-4,10-12,20,26H,5-9,13-19,21H2,1-2H3,(H,37,46). The minimum atomic E-state index is -0.365. The summed E-state index contributed by atoms with van der Waals surface area (Å²) in [5.41, 5.74) is 1.85. The van der Waals surface area contributed by atoms with Crippen molar-refractivity contribution in [2.24, 2.45) is 0 Å². The van der Waals surface area contributed by atoms with Gasteiger partial charge in [-0.25, -0.2) is 4.79 Å². The number of ether oxygens (including phenoxy) is 1. The predicted molar refractivity (Wildman–Crippen MR) is 188 cm³/mol. The average Bonchev–Trinajstić information content (AvgIpc) is 3.52. The van der Waals surface area contributed by atoms with E-state index in [0.29, 0.717) is 78.6 Å². The van der Waals surface area contributed by atoms with E-state index in [9.17, 15) is 19.2 Å². The first-order chi connectivity index (χ1) is 23.6. The Morgan fingerprint density at radius 3 is 2.49 bits per heavy atom. The van der Waals surface area contributed by atoms with Crippen LogP contribution in [0.1, 0.15) is 57.0 Å². The number of aromatic nitrogens is 4. The summed E-state index contributed by atoms with van der Waals surface area (Å²) < 4.78 is 8.77. The van der Waals surface area contributed by atoms with Gasteiger partial charge in [0, 0.05) is 57.6 Å². The van der Waals surface area contributed by atoms with Crippen LogP contribution in [0.4, 0.5) is 16.2 Å². The smallest absolute Gasteiger partial charge is 0.410 e. The molecule has 15 heteroatoms. The molecule has 4 heterocycles. The molecule has 1 N–H and O–H groups in total. The van der Waals surface area contributed by atoms with Crippen LogP contribution in [0.5, 0.6) is 0 Å². The van der Waals surface area contributed by atoms with Crippen molar-refractivity contribution in [2.45, 2.75) is 65.0 Å². The molecule has 3 aromatic rings. The molecule has 1 aromatic carbocycles. The van der Waals surface area contributed by atoms with Crippen LogP contribution < -0.4 is 15.8 Å². The number of hydrogen-bond acceptors (Lipinski definition) is 8. The first-order valence-corrected chi connectivity index (χ1v) is 17.4. The molecule has 1 saturated heterocycles. The number of carbonyl (C=O) groups is 3. The zero-order chi connectivity index (χ0) is 34.7. The number of hydrogen-bond donors (Lipinski definition) is 1. The van der Waals surface area contributed by atoms with Crippen molar-refractivity contribution in [1.82, 2.24) is 29.0 Å². The minimum absolute atomic E-state index is 0.0195. The van der Waals surface area contributed by atoms with Crippen LogP contribution in [0, 0.1) is 6.92 Å². The van der Waals surface area contributed by atoms with Crippen molar-refractivity contribution in [3.63, 3.8) is 0 Å². The summed E-state index contributed by atoms with van der Waals surface area (Å²) in [6.07, 6.45) is 10.8. The number of benzene rings is 1. The van der Waals surface area contributed by atoms with Gasteiger partial charge in [0.2, 0.25) is 17.6 Å². The Morgan fingerprint density at radius 2 is 1.78 bits per heavy atom. The van der Waals surface area contributed by atoms with Crippen LogP contribution in [0.25, 0.3) is 11.4 Å². The van der Waals surface area contributed by atoms with Crippen molar-refractivity contribution in [2.75, 3.05) is 49.5 Å². The van der Waals surface area contributed by atoms with Gasteiger partial charge in [-0.1, -0.05) is 41.4 Å². The number of nitrogens with one attached hydrogen (secondary N) is 1. The quantitative estimate of drug-likeness (QED) is 0.356. The van der Waals surface area contributed by atoms with Gasteiger partial charge in [0.1, 0.15) is 18.3 Å². The number of anilines is 2. The van der Waals surface area contributed by atoms with Crippen molar-refractivity contribution in [3.05, 3.63) is 68.3 Å². The number of halogens is 2. The summed E-state index contributed by atoms with van der Waals surface area (Å²) in [5.74, 6) is 0.187. The minimum Gasteiger partial charge on any atom is -0.446 e. The number of piperazine rings is 1. The summed E-state index contributed by atoms with van der Waals surface area (Å²) in [7, 11) is 0. The highest BCUT2D eigenvalue weighted by molar-refractivity contribution is 6.42. The molecule has 260 valence electrons. The van der Waals surface area contributed by atoms with E-state index in [2.05, 4.69) is 22.6 Å². The van der Waals surface area contributed by atoms with E-state index in [4.69, 9.17) is 32.9 Å². The number of allylic oxidation sites excluding steroid dienone is 2. The Labute approximate surface area is 294 Å². The monoisotopic (exact) mass is 710 g/mol. The molecule has 1 atom stereocenters. The Kier molecular flexibility index (Phi) is 10.6. The molecule has 0 saturated carbocycles. The summed E-state index contributed by atoms with van der Waals surface area (Å²) >= 11 is 12.2. The zero-order valence-electron chi connectivity index (χ0n) is 27.7. The van der Waals surface area contributed by atoms with Crippen molar-refractivity contribution in [1.29, 1.82) is 0 Å². The van der Waals surface area contributed by atoms with Gasteiger partial charge in [0.25, 0.3) is 5.56 Å². The fraction of sp³-hybridized carbons (Fsp3) is 0.471. The molecule has 0 spiro atoms. The van der Waals surface area contributed by atoms with Crippen LogP contribution in [0.15, 0.2) is 41.2 Å². The Morgan fingerprint density at radius 1 is 1.00 bits per heavy atom. The average molecular weight is 712 g/mol. The molecule has 2 aromatic heterocycles. The van der Waals surface area contributed by atoms with Crippen LogP contribution in [0.2, 0.25) is 10.0 Å². The molecular formula is C34H40Cl2N8O5. The molecule has 1 unspecified atom stereocenters. The Hall–Kier alpha value is -4.36. The van der Waals surface area contributed by atoms with E-state index >= 15 is 0 Å². The second kappa shape index (κ2) is 15.0. The van der Waals surface area contributed by atoms with Gasteiger partial charge >= 0.3 is 6.09 Å². The molecule has 0 radical (unpaired) electrons. The van der Waals surface area contributed by atoms with Gasteiger partial charge in [-0.2, -0.15) is 9.50 Å². The lowest BCUT2D eigenvalue weighted by Crippen LogP contribution is -2.50. The zero-order valence-corrected chi connectivity index (χ0v) is 29.2. The van der Waals surface area contributed by atoms with Gasteiger partial charge in [-0.05, 0) is 69.2 Å². The van der Waals surface area contributed by atoms with E-state index in [1.165, 1.54) is 11.4 Å². The van der Waals surface area contributed by atoms with E-state index in [1.807, 2.05) is 11.0 Å². The van der Waals surface area contributed by atoms with Crippen molar-refractivity contribution in [3.8, 4) is 0 Å². The maximum Gasteiger partial charge on any atom is 0.410 e.